The number of benzene rings is 4. The zero-order chi connectivity index (χ0) is 66.1. The fourth-order valence-electron chi connectivity index (χ4n) is 10.1. The maximum atomic E-state index is 14.6. The lowest BCUT2D eigenvalue weighted by Gasteiger charge is -2.26. The van der Waals surface area contributed by atoms with Crippen LogP contribution in [0.25, 0.3) is 54.5 Å². The van der Waals surface area contributed by atoms with E-state index in [0.29, 0.717) is 83.8 Å². The quantitative estimate of drug-likeness (QED) is 0.0881. The average Bonchev–Trinajstić information content (AvgIpc) is 1.64. The number of carbonyl (C=O) groups is 3. The number of aromatic amines is 1. The van der Waals surface area contributed by atoms with Crippen LogP contribution in [0.1, 0.15) is 133 Å². The number of hydrogen-bond acceptors (Lipinski definition) is 11. The van der Waals surface area contributed by atoms with E-state index in [2.05, 4.69) is 26.8 Å². The van der Waals surface area contributed by atoms with E-state index in [9.17, 15) is 37.1 Å². The van der Waals surface area contributed by atoms with Crippen LogP contribution in [0.3, 0.4) is 0 Å². The molecule has 9 rings (SSSR count). The van der Waals surface area contributed by atoms with Crippen LogP contribution in [0.15, 0.2) is 85.2 Å². The number of amides is 3. The van der Waals surface area contributed by atoms with Gasteiger partial charge in [-0.1, -0.05) is 31.2 Å². The summed E-state index contributed by atoms with van der Waals surface area (Å²) in [6.45, 7) is 37.1. The van der Waals surface area contributed by atoms with E-state index in [4.69, 9.17) is 41.9 Å². The lowest BCUT2D eigenvalue weighted by molar-refractivity contribution is 0.0241. The summed E-state index contributed by atoms with van der Waals surface area (Å²) in [7, 11) is 2.79. The van der Waals surface area contributed by atoms with Crippen LogP contribution in [0.2, 0.25) is 0 Å². The van der Waals surface area contributed by atoms with Gasteiger partial charge in [-0.2, -0.15) is 10.2 Å². The van der Waals surface area contributed by atoms with Crippen LogP contribution in [-0.2, 0) is 14.2 Å². The Morgan fingerprint density at radius 3 is 1.47 bits per heavy atom. The third-order valence-corrected chi connectivity index (χ3v) is 14.7. The van der Waals surface area contributed by atoms with Gasteiger partial charge in [0.05, 0.1) is 51.4 Å². The summed E-state index contributed by atoms with van der Waals surface area (Å²) >= 11 is 0. The molecule has 90 heavy (non-hydrogen) atoms. The molecule has 3 unspecified atom stereocenters. The number of aromatic nitrogens is 4. The Labute approximate surface area is 526 Å². The van der Waals surface area contributed by atoms with Crippen LogP contribution in [0.5, 0.6) is 11.5 Å². The second kappa shape index (κ2) is 31.7. The van der Waals surface area contributed by atoms with Crippen molar-refractivity contribution >= 4 is 29.7 Å². The Morgan fingerprint density at radius 2 is 0.989 bits per heavy atom. The molecule has 2 N–H and O–H groups in total. The molecular formula is C68H85F4N9O9. The van der Waals surface area contributed by atoms with Gasteiger partial charge in [-0.3, -0.25) is 9.78 Å². The number of nitrogens with one attached hydrogen (secondary N) is 1. The first-order valence-corrected chi connectivity index (χ1v) is 30.3. The molecule has 5 heterocycles. The zero-order valence-electron chi connectivity index (χ0n) is 53.7. The van der Waals surface area contributed by atoms with Crippen molar-refractivity contribution in [1.29, 1.82) is 0 Å². The summed E-state index contributed by atoms with van der Waals surface area (Å²) in [6.07, 6.45) is 10.2. The molecule has 0 aliphatic carbocycles. The minimum atomic E-state index is -0.630. The molecule has 3 aliphatic rings. The number of likely N-dealkylation sites (tertiary alicyclic amines) is 3. The molecule has 4 aromatic carbocycles. The van der Waals surface area contributed by atoms with Gasteiger partial charge in [-0.15, -0.1) is 0 Å². The molecule has 0 radical (unpaired) electrons. The Kier molecular flexibility index (Phi) is 24.8. The molecule has 18 nitrogen and oxygen atoms in total. The van der Waals surface area contributed by atoms with E-state index in [1.165, 1.54) is 75.4 Å². The lowest BCUT2D eigenvalue weighted by atomic mass is 10.0. The predicted octanol–water partition coefficient (Wildman–Crippen LogP) is 16.4. The average molecular weight is 1250 g/mol. The van der Waals surface area contributed by atoms with Crippen molar-refractivity contribution < 1.29 is 60.7 Å². The Hall–Kier alpha value is -8.63. The Morgan fingerprint density at radius 1 is 0.556 bits per heavy atom. The van der Waals surface area contributed by atoms with E-state index in [0.717, 1.165) is 57.5 Å². The van der Waals surface area contributed by atoms with Gasteiger partial charge >= 0.3 is 18.3 Å². The van der Waals surface area contributed by atoms with E-state index >= 15 is 0 Å². The second-order valence-corrected chi connectivity index (χ2v) is 25.4. The zero-order valence-corrected chi connectivity index (χ0v) is 53.7. The molecule has 22 heteroatoms. The van der Waals surface area contributed by atoms with Gasteiger partial charge in [-0.05, 0) is 186 Å². The third-order valence-electron chi connectivity index (χ3n) is 14.7. The number of carbonyl (C=O) groups excluding carboxylic acids is 3. The number of aliphatic hydroxyl groups is 1. The van der Waals surface area contributed by atoms with Crippen molar-refractivity contribution in [3.05, 3.63) is 131 Å². The largest absolute Gasteiger partial charge is 0.494 e. The van der Waals surface area contributed by atoms with Crippen molar-refractivity contribution in [3.63, 3.8) is 0 Å². The summed E-state index contributed by atoms with van der Waals surface area (Å²) in [5, 5.41) is 21.0. The molecule has 3 amide bonds. The number of aliphatic hydroxyl groups excluding tert-OH is 1. The van der Waals surface area contributed by atoms with Gasteiger partial charge in [0.25, 0.3) is 0 Å². The van der Waals surface area contributed by atoms with E-state index in [1.54, 1.807) is 34.1 Å². The minimum absolute atomic E-state index is 0.0182. The van der Waals surface area contributed by atoms with E-state index < -0.39 is 34.5 Å². The molecule has 3 fully saturated rings. The first kappa shape index (κ1) is 70.5. The summed E-state index contributed by atoms with van der Waals surface area (Å²) < 4.78 is 84.7. The number of halogens is 4. The van der Waals surface area contributed by atoms with Crippen LogP contribution in [0.4, 0.5) is 43.3 Å². The van der Waals surface area contributed by atoms with Gasteiger partial charge < -0.3 is 43.5 Å². The van der Waals surface area contributed by atoms with Crippen molar-refractivity contribution in [3.8, 4) is 56.3 Å². The molecule has 3 aliphatic heterocycles. The van der Waals surface area contributed by atoms with E-state index in [-0.39, 0.29) is 58.9 Å². The van der Waals surface area contributed by atoms with Gasteiger partial charge in [0.15, 0.2) is 23.1 Å². The third kappa shape index (κ3) is 20.7. The fourth-order valence-corrected chi connectivity index (χ4v) is 10.1. The molecular weight excluding hydrogens is 1160 g/mol. The van der Waals surface area contributed by atoms with Crippen LogP contribution in [0, 0.1) is 42.3 Å². The van der Waals surface area contributed by atoms with Gasteiger partial charge in [0.2, 0.25) is 11.4 Å². The first-order valence-electron chi connectivity index (χ1n) is 30.3. The minimum Gasteiger partial charge on any atom is -0.494 e. The van der Waals surface area contributed by atoms with Gasteiger partial charge in [-0.25, -0.2) is 41.6 Å². The molecule has 0 bridgehead atoms. The van der Waals surface area contributed by atoms with Crippen molar-refractivity contribution in [2.45, 2.75) is 156 Å². The highest BCUT2D eigenvalue weighted by Gasteiger charge is 2.29. The normalized spacial score (nSPS) is 17.1. The summed E-state index contributed by atoms with van der Waals surface area (Å²) in [5.74, 6) is -1.28. The molecule has 484 valence electrons. The SMILES string of the molecule is CC(C)(C)OC(=O)N1CCCC(O)CC1.CC1CCCN(C(=O)OC(C)(C)C)CC1.[C-]#[N+]c1ccc(-c2cn(C3CCCN(C(=O)OC(C)(C)C)CC3)nc2-c2ccc(OC)c(F)c2)cc1F.[C-]#[N+]c1ccc(-c2cn[nH]c2-c2ccc(OC)c(F)c2)cc1F. The lowest BCUT2D eigenvalue weighted by Crippen LogP contribution is -2.37. The summed E-state index contributed by atoms with van der Waals surface area (Å²) in [6, 6.07) is 17.8. The highest BCUT2D eigenvalue weighted by atomic mass is 19.1. The maximum absolute atomic E-state index is 14.6. The van der Waals surface area contributed by atoms with Crippen LogP contribution < -0.4 is 9.47 Å². The fraction of sp³-hybridized carbons (Fsp3) is 0.485. The Balaban J connectivity index is 0.000000207. The van der Waals surface area contributed by atoms with E-state index in [1.807, 2.05) is 78.1 Å². The van der Waals surface area contributed by atoms with Crippen molar-refractivity contribution in [2.24, 2.45) is 5.92 Å². The number of H-pyrrole nitrogens is 1. The first-order chi connectivity index (χ1) is 42.5. The van der Waals surface area contributed by atoms with Crippen LogP contribution in [-0.4, -0.2) is 134 Å². The number of rotatable bonds is 7. The highest BCUT2D eigenvalue weighted by Crippen LogP contribution is 2.38. The second-order valence-electron chi connectivity index (χ2n) is 25.4. The molecule has 2 aromatic heterocycles. The molecule has 6 aromatic rings. The Bertz CT molecular complexity index is 3440. The van der Waals surface area contributed by atoms with Crippen molar-refractivity contribution in [2.75, 3.05) is 53.5 Å². The molecule has 3 saturated heterocycles. The van der Waals surface area contributed by atoms with Gasteiger partial charge in [0.1, 0.15) is 34.1 Å². The molecule has 0 spiro atoms. The topological polar surface area (TPSA) is 183 Å². The van der Waals surface area contributed by atoms with Crippen LogP contribution >= 0.6 is 0 Å². The number of hydrogen-bond donors (Lipinski definition) is 2. The summed E-state index contributed by atoms with van der Waals surface area (Å²) in [4.78, 5) is 47.6. The number of methoxy groups -OCH3 is 2. The standard InChI is InChI=1S/C28H30F2N4O3.C17H11F2N3O.C12H23NO2.C11H21NO3/c1-28(2,3)37-27(35)33-13-6-7-20(12-14-33)34-17-21(18-8-10-24(31-4)22(29)15-18)26(32-34)19-9-11-25(36-5)23(30)16-19;1-20-15-5-3-10(7-13(15)18)12-9-21-22-17(12)11-4-6-16(23-2)14(19)8-11;1-10-6-5-8-13(9-7-10)11(14)15-12(2,3)4;1-11(2,3)15-10(14)12-7-4-5-9(13)6-8-12/h8-11,15-17,20H,6-7,12-14H2,1-3,5H3;3-9H,2H3,(H,21,22);10H,5-9H2,1-4H3;9,13H,4-8H2,1-3H3. The summed E-state index contributed by atoms with van der Waals surface area (Å²) in [5.41, 5.74) is 2.94. The maximum Gasteiger partial charge on any atom is 0.410 e. The predicted molar refractivity (Wildman–Crippen MR) is 337 cm³/mol. The molecule has 3 atom stereocenters. The smallest absolute Gasteiger partial charge is 0.410 e. The number of nitrogens with zero attached hydrogens (tertiary/aromatic N) is 8. The highest BCUT2D eigenvalue weighted by molar-refractivity contribution is 5.83. The molecule has 0 saturated carbocycles. The monoisotopic (exact) mass is 1250 g/mol. The van der Waals surface area contributed by atoms with Gasteiger partial charge in [0, 0.05) is 67.7 Å². The number of ether oxygens (including phenoxy) is 5. The van der Waals surface area contributed by atoms with Crippen molar-refractivity contribution in [1.82, 2.24) is 34.7 Å².